The van der Waals surface area contributed by atoms with E-state index in [1.807, 2.05) is 6.92 Å². The highest BCUT2D eigenvalue weighted by atomic mass is 16.6. The van der Waals surface area contributed by atoms with Crippen LogP contribution in [0.15, 0.2) is 30.5 Å². The maximum absolute atomic E-state index is 11.5. The number of benzene rings is 1. The first-order valence-corrected chi connectivity index (χ1v) is 10.9. The van der Waals surface area contributed by atoms with Crippen LogP contribution in [0, 0.1) is 10.1 Å². The van der Waals surface area contributed by atoms with Gasteiger partial charge in [-0.15, -0.1) is 0 Å². The fourth-order valence-corrected chi connectivity index (χ4v) is 4.05. The third-order valence-electron chi connectivity index (χ3n) is 5.77. The van der Waals surface area contributed by atoms with Gasteiger partial charge in [-0.1, -0.05) is 38.5 Å². The van der Waals surface area contributed by atoms with Crippen LogP contribution in [0.5, 0.6) is 6.01 Å². The Kier molecular flexibility index (Phi) is 6.01. The molecule has 1 saturated carbocycles. The molecule has 1 atom stereocenters. The molecule has 0 bridgehead atoms. The molecule has 1 aliphatic carbocycles. The molecule has 9 nitrogen and oxygen atoms in total. The Morgan fingerprint density at radius 3 is 2.58 bits per heavy atom. The molecule has 31 heavy (non-hydrogen) atoms. The van der Waals surface area contributed by atoms with E-state index in [-0.39, 0.29) is 28.7 Å². The first-order chi connectivity index (χ1) is 14.9. The minimum absolute atomic E-state index is 0.0646. The maximum atomic E-state index is 11.5. The summed E-state index contributed by atoms with van der Waals surface area (Å²) in [6.07, 6.45) is 7.44. The monoisotopic (exact) mass is 424 g/mol. The van der Waals surface area contributed by atoms with E-state index < -0.39 is 0 Å². The Morgan fingerprint density at radius 2 is 1.87 bits per heavy atom. The zero-order valence-corrected chi connectivity index (χ0v) is 18.1. The number of aromatic nitrogens is 4. The molecule has 0 saturated heterocycles. The predicted octanol–water partition coefficient (Wildman–Crippen LogP) is 5.04. The number of rotatable bonds is 7. The van der Waals surface area contributed by atoms with Crippen molar-refractivity contribution < 1.29 is 9.66 Å². The second-order valence-electron chi connectivity index (χ2n) is 8.38. The van der Waals surface area contributed by atoms with E-state index in [4.69, 9.17) is 4.74 Å². The van der Waals surface area contributed by atoms with Gasteiger partial charge in [0.15, 0.2) is 5.65 Å². The van der Waals surface area contributed by atoms with E-state index in [0.717, 1.165) is 31.2 Å². The van der Waals surface area contributed by atoms with E-state index in [2.05, 4.69) is 34.2 Å². The molecule has 2 aromatic heterocycles. The first kappa shape index (κ1) is 21.0. The summed E-state index contributed by atoms with van der Waals surface area (Å²) in [5, 5.41) is 19.2. The molecule has 0 aliphatic heterocycles. The molecule has 9 heteroatoms. The van der Waals surface area contributed by atoms with Crippen LogP contribution in [0.1, 0.15) is 76.0 Å². The van der Waals surface area contributed by atoms with Crippen molar-refractivity contribution in [2.45, 2.75) is 70.9 Å². The first-order valence-electron chi connectivity index (χ1n) is 10.9. The lowest BCUT2D eigenvalue weighted by molar-refractivity contribution is -0.385. The molecule has 0 spiro atoms. The fourth-order valence-electron chi connectivity index (χ4n) is 4.05. The number of anilines is 1. The Morgan fingerprint density at radius 1 is 1.13 bits per heavy atom. The number of hydrogen-bond donors (Lipinski definition) is 1. The normalized spacial score (nSPS) is 15.9. The quantitative estimate of drug-likeness (QED) is 0.418. The van der Waals surface area contributed by atoms with Crippen LogP contribution in [-0.4, -0.2) is 30.6 Å². The van der Waals surface area contributed by atoms with Crippen molar-refractivity contribution in [2.24, 2.45) is 0 Å². The van der Waals surface area contributed by atoms with Crippen LogP contribution in [0.3, 0.4) is 0 Å². The van der Waals surface area contributed by atoms with Crippen molar-refractivity contribution in [1.82, 2.24) is 19.6 Å². The number of nitrogens with zero attached hydrogens (tertiary/aromatic N) is 5. The van der Waals surface area contributed by atoms with Crippen molar-refractivity contribution >= 4 is 17.3 Å². The van der Waals surface area contributed by atoms with Crippen LogP contribution < -0.4 is 10.1 Å². The zero-order chi connectivity index (χ0) is 22.0. The lowest BCUT2D eigenvalue weighted by Gasteiger charge is -2.22. The molecule has 0 unspecified atom stereocenters. The number of nitrogens with one attached hydrogen (secondary N) is 1. The molecular formula is C22H28N6O3. The van der Waals surface area contributed by atoms with E-state index in [1.165, 1.54) is 12.5 Å². The highest BCUT2D eigenvalue weighted by molar-refractivity contribution is 5.54. The average Bonchev–Trinajstić information content (AvgIpc) is 3.19. The van der Waals surface area contributed by atoms with Gasteiger partial charge in [0.05, 0.1) is 22.7 Å². The second-order valence-corrected chi connectivity index (χ2v) is 8.38. The van der Waals surface area contributed by atoms with Gasteiger partial charge < -0.3 is 10.1 Å². The summed E-state index contributed by atoms with van der Waals surface area (Å²) in [4.78, 5) is 20.3. The minimum Gasteiger partial charge on any atom is -0.460 e. The van der Waals surface area contributed by atoms with Gasteiger partial charge in [-0.3, -0.25) is 10.1 Å². The lowest BCUT2D eigenvalue weighted by Crippen LogP contribution is -2.22. The van der Waals surface area contributed by atoms with Gasteiger partial charge in [0, 0.05) is 11.6 Å². The van der Waals surface area contributed by atoms with Gasteiger partial charge in [-0.25, -0.2) is 0 Å². The molecule has 3 aromatic rings. The largest absolute Gasteiger partial charge is 0.460 e. The van der Waals surface area contributed by atoms with Gasteiger partial charge in [0.2, 0.25) is 5.95 Å². The van der Waals surface area contributed by atoms with Gasteiger partial charge in [0.25, 0.3) is 5.69 Å². The SMILES string of the molecule is CC(C)c1cnn2c(N[C@@H](C)c3ccccc3[N+](=O)[O-])nc(OC3CCCCC3)nc12. The fraction of sp³-hybridized carbons (Fsp3) is 0.500. The zero-order valence-electron chi connectivity index (χ0n) is 18.1. The summed E-state index contributed by atoms with van der Waals surface area (Å²) in [6.45, 7) is 6.04. The molecule has 1 aliphatic rings. The van der Waals surface area contributed by atoms with Crippen LogP contribution >= 0.6 is 0 Å². The molecular weight excluding hydrogens is 396 g/mol. The van der Waals surface area contributed by atoms with Crippen molar-refractivity contribution in [2.75, 3.05) is 5.32 Å². The van der Waals surface area contributed by atoms with E-state index in [1.54, 1.807) is 28.9 Å². The average molecular weight is 425 g/mol. The van der Waals surface area contributed by atoms with Gasteiger partial charge in [0.1, 0.15) is 6.10 Å². The highest BCUT2D eigenvalue weighted by Crippen LogP contribution is 2.30. The molecule has 1 N–H and O–H groups in total. The Hall–Kier alpha value is -3.23. The number of ether oxygens (including phenoxy) is 1. The van der Waals surface area contributed by atoms with Crippen molar-refractivity contribution in [3.63, 3.8) is 0 Å². The van der Waals surface area contributed by atoms with Crippen molar-refractivity contribution in [1.29, 1.82) is 0 Å². The molecule has 1 aromatic carbocycles. The lowest BCUT2D eigenvalue weighted by atomic mass is 9.98. The number of nitro groups is 1. The van der Waals surface area contributed by atoms with Crippen LogP contribution in [0.25, 0.3) is 5.65 Å². The smallest absolute Gasteiger partial charge is 0.322 e. The summed E-state index contributed by atoms with van der Waals surface area (Å²) >= 11 is 0. The van der Waals surface area contributed by atoms with E-state index in [9.17, 15) is 10.1 Å². The molecule has 4 rings (SSSR count). The van der Waals surface area contributed by atoms with Crippen LogP contribution in [0.4, 0.5) is 11.6 Å². The topological polar surface area (TPSA) is 107 Å². The Bertz CT molecular complexity index is 1070. The molecule has 0 radical (unpaired) electrons. The second kappa shape index (κ2) is 8.87. The third-order valence-corrected chi connectivity index (χ3v) is 5.77. The standard InChI is InChI=1S/C22H28N6O3/c1-14(2)18-13-23-27-20(18)25-22(31-16-9-5-4-6-10-16)26-21(27)24-15(3)17-11-7-8-12-19(17)28(29)30/h7-8,11-16H,4-6,9-10H2,1-3H3,(H,24,25,26)/t15-/m0/s1. The number of fused-ring (bicyclic) bond motifs is 1. The molecule has 0 amide bonds. The van der Waals surface area contributed by atoms with Gasteiger partial charge in [-0.05, 0) is 38.5 Å². The van der Waals surface area contributed by atoms with Crippen molar-refractivity contribution in [3.8, 4) is 6.01 Å². The van der Waals surface area contributed by atoms with E-state index in [0.29, 0.717) is 23.2 Å². The highest BCUT2D eigenvalue weighted by Gasteiger charge is 2.23. The van der Waals surface area contributed by atoms with Gasteiger partial charge >= 0.3 is 6.01 Å². The Labute approximate surface area is 181 Å². The summed E-state index contributed by atoms with van der Waals surface area (Å²) in [5.41, 5.74) is 2.32. The predicted molar refractivity (Wildman–Crippen MR) is 118 cm³/mol. The number of hydrogen-bond acceptors (Lipinski definition) is 7. The molecule has 164 valence electrons. The Balaban J connectivity index is 1.71. The summed E-state index contributed by atoms with van der Waals surface area (Å²) in [7, 11) is 0. The third kappa shape index (κ3) is 4.45. The van der Waals surface area contributed by atoms with Gasteiger partial charge in [-0.2, -0.15) is 19.6 Å². The molecule has 1 fully saturated rings. The summed E-state index contributed by atoms with van der Waals surface area (Å²) < 4.78 is 7.79. The van der Waals surface area contributed by atoms with Crippen molar-refractivity contribution in [3.05, 3.63) is 51.7 Å². The summed E-state index contributed by atoms with van der Waals surface area (Å²) in [5.74, 6) is 0.684. The van der Waals surface area contributed by atoms with Crippen LogP contribution in [-0.2, 0) is 0 Å². The number of nitro benzene ring substituents is 1. The number of para-hydroxylation sites is 1. The van der Waals surface area contributed by atoms with E-state index >= 15 is 0 Å². The molecule has 2 heterocycles. The van der Waals surface area contributed by atoms with Crippen LogP contribution in [0.2, 0.25) is 0 Å². The maximum Gasteiger partial charge on any atom is 0.322 e. The summed E-state index contributed by atoms with van der Waals surface area (Å²) in [6, 6.07) is 6.66. The minimum atomic E-state index is -0.370.